The average Bonchev–Trinajstić information content (AvgIpc) is 2.45. The van der Waals surface area contributed by atoms with Crippen LogP contribution in [0.4, 0.5) is 0 Å². The van der Waals surface area contributed by atoms with Crippen molar-refractivity contribution in [1.82, 2.24) is 0 Å². The lowest BCUT2D eigenvalue weighted by Gasteiger charge is -2.16. The molecule has 0 aromatic rings. The molecule has 0 saturated carbocycles. The van der Waals surface area contributed by atoms with Crippen molar-refractivity contribution in [3.8, 4) is 0 Å². The van der Waals surface area contributed by atoms with Gasteiger partial charge in [0.05, 0.1) is 6.61 Å². The molecule has 1 nitrogen and oxygen atoms in total. The van der Waals surface area contributed by atoms with E-state index in [4.69, 9.17) is 4.43 Å². The first-order valence-electron chi connectivity index (χ1n) is 10.9. The zero-order valence-electron chi connectivity index (χ0n) is 18.8. The van der Waals surface area contributed by atoms with Crippen LogP contribution in [0, 0.1) is 17.8 Å². The molecular weight excluding hydrogens is 320 g/mol. The Morgan fingerprint density at radius 3 is 1.76 bits per heavy atom. The molecule has 0 spiro atoms. The van der Waals surface area contributed by atoms with Crippen LogP contribution in [0.5, 0.6) is 0 Å². The van der Waals surface area contributed by atoms with Crippen molar-refractivity contribution in [2.24, 2.45) is 17.8 Å². The van der Waals surface area contributed by atoms with Crippen LogP contribution >= 0.6 is 0 Å². The molecule has 0 heterocycles. The highest BCUT2D eigenvalue weighted by Gasteiger charge is 2.12. The summed E-state index contributed by atoms with van der Waals surface area (Å²) in [5.74, 6) is 2.67. The molecule has 0 fully saturated rings. The molecule has 0 bridgehead atoms. The molecule has 0 N–H and O–H groups in total. The highest BCUT2D eigenvalue weighted by molar-refractivity contribution is 6.69. The highest BCUT2D eigenvalue weighted by atomic mass is 28.4. The van der Waals surface area contributed by atoms with E-state index < -0.39 is 8.32 Å². The molecule has 0 aromatic carbocycles. The molecule has 2 unspecified atom stereocenters. The van der Waals surface area contributed by atoms with Crippen molar-refractivity contribution in [2.75, 3.05) is 6.61 Å². The summed E-state index contributed by atoms with van der Waals surface area (Å²) in [7, 11) is -1.36. The molecule has 0 amide bonds. The molecule has 0 aliphatic heterocycles. The molecule has 25 heavy (non-hydrogen) atoms. The average molecular weight is 369 g/mol. The Balaban J connectivity index is 3.66. The number of allylic oxidation sites excluding steroid dienone is 1. The summed E-state index contributed by atoms with van der Waals surface area (Å²) in [5, 5.41) is 0. The Bertz CT molecular complexity index is 340. The summed E-state index contributed by atoms with van der Waals surface area (Å²) in [4.78, 5) is 0. The maximum atomic E-state index is 5.91. The largest absolute Gasteiger partial charge is 0.414 e. The van der Waals surface area contributed by atoms with Gasteiger partial charge in [-0.1, -0.05) is 84.3 Å². The van der Waals surface area contributed by atoms with Gasteiger partial charge in [0, 0.05) is 0 Å². The second-order valence-electron chi connectivity index (χ2n) is 9.83. The molecule has 2 atom stereocenters. The monoisotopic (exact) mass is 368 g/mol. The molecule has 0 saturated heterocycles. The van der Waals surface area contributed by atoms with E-state index in [0.29, 0.717) is 0 Å². The first kappa shape index (κ1) is 24.9. The number of hydrogen-bond donors (Lipinski definition) is 0. The molecule has 150 valence electrons. The quantitative estimate of drug-likeness (QED) is 0.209. The van der Waals surface area contributed by atoms with E-state index in [9.17, 15) is 0 Å². The van der Waals surface area contributed by atoms with Crippen LogP contribution in [0.3, 0.4) is 0 Å². The van der Waals surface area contributed by atoms with Crippen LogP contribution < -0.4 is 0 Å². The molecule has 0 aliphatic rings. The maximum absolute atomic E-state index is 5.91. The van der Waals surface area contributed by atoms with Crippen molar-refractivity contribution in [3.63, 3.8) is 0 Å². The van der Waals surface area contributed by atoms with Gasteiger partial charge in [-0.15, -0.1) is 0 Å². The molecular formula is C23H48OSi. The fraction of sp³-hybridized carbons (Fsp3) is 0.913. The van der Waals surface area contributed by atoms with E-state index in [1.54, 1.807) is 0 Å². The summed E-state index contributed by atoms with van der Waals surface area (Å²) in [6.45, 7) is 19.4. The summed E-state index contributed by atoms with van der Waals surface area (Å²) < 4.78 is 5.91. The second kappa shape index (κ2) is 14.0. The van der Waals surface area contributed by atoms with Gasteiger partial charge in [0.1, 0.15) is 0 Å². The SMILES string of the molecule is CC(=CCO[Si](C)(C)C)CCCC(C)CCCC(C)CCCC(C)C. The smallest absolute Gasteiger partial charge is 0.184 e. The van der Waals surface area contributed by atoms with E-state index in [1.807, 2.05) is 0 Å². The Labute approximate surface area is 161 Å². The van der Waals surface area contributed by atoms with Crippen LogP contribution in [0.1, 0.15) is 92.4 Å². The predicted octanol–water partition coefficient (Wildman–Crippen LogP) is 8.22. The van der Waals surface area contributed by atoms with Crippen LogP contribution in [-0.4, -0.2) is 14.9 Å². The minimum absolute atomic E-state index is 0.811. The zero-order valence-corrected chi connectivity index (χ0v) is 19.8. The lowest BCUT2D eigenvalue weighted by atomic mass is 9.91. The van der Waals surface area contributed by atoms with Gasteiger partial charge in [-0.2, -0.15) is 0 Å². The van der Waals surface area contributed by atoms with Gasteiger partial charge in [-0.25, -0.2) is 0 Å². The fourth-order valence-electron chi connectivity index (χ4n) is 3.24. The first-order valence-corrected chi connectivity index (χ1v) is 14.3. The summed E-state index contributed by atoms with van der Waals surface area (Å²) >= 11 is 0. The van der Waals surface area contributed by atoms with Crippen molar-refractivity contribution in [3.05, 3.63) is 11.6 Å². The van der Waals surface area contributed by atoms with Crippen molar-refractivity contribution < 1.29 is 4.43 Å². The van der Waals surface area contributed by atoms with Crippen LogP contribution in [0.25, 0.3) is 0 Å². The van der Waals surface area contributed by atoms with Crippen LogP contribution in [-0.2, 0) is 4.43 Å². The molecule has 0 aromatic heterocycles. The van der Waals surface area contributed by atoms with Gasteiger partial charge in [-0.05, 0) is 57.2 Å². The normalized spacial score (nSPS) is 15.6. The number of rotatable bonds is 15. The van der Waals surface area contributed by atoms with Crippen molar-refractivity contribution in [1.29, 1.82) is 0 Å². The maximum Gasteiger partial charge on any atom is 0.184 e. The third-order valence-electron chi connectivity index (χ3n) is 5.09. The van der Waals surface area contributed by atoms with E-state index in [0.717, 1.165) is 24.4 Å². The van der Waals surface area contributed by atoms with Gasteiger partial charge in [0.2, 0.25) is 0 Å². The minimum Gasteiger partial charge on any atom is -0.414 e. The summed E-state index contributed by atoms with van der Waals surface area (Å²) in [6.07, 6.45) is 14.7. The third-order valence-corrected chi connectivity index (χ3v) is 6.12. The number of hydrogen-bond acceptors (Lipinski definition) is 1. The standard InChI is InChI=1S/C23H48OSi/c1-20(2)12-9-13-21(3)14-10-15-22(4)16-11-17-23(5)18-19-24-25(6,7)8/h18,20-22H,9-17,19H2,1-8H3. The van der Waals surface area contributed by atoms with Gasteiger partial charge in [0.15, 0.2) is 8.32 Å². The Hall–Kier alpha value is -0.0831. The highest BCUT2D eigenvalue weighted by Crippen LogP contribution is 2.22. The van der Waals surface area contributed by atoms with Gasteiger partial charge in [0.25, 0.3) is 0 Å². The molecule has 2 heteroatoms. The van der Waals surface area contributed by atoms with Gasteiger partial charge in [-0.3, -0.25) is 0 Å². The topological polar surface area (TPSA) is 9.23 Å². The van der Waals surface area contributed by atoms with Crippen LogP contribution in [0.15, 0.2) is 11.6 Å². The Morgan fingerprint density at radius 1 is 0.800 bits per heavy atom. The van der Waals surface area contributed by atoms with Gasteiger partial charge < -0.3 is 4.43 Å². The van der Waals surface area contributed by atoms with E-state index in [1.165, 1.54) is 63.4 Å². The van der Waals surface area contributed by atoms with Crippen molar-refractivity contribution in [2.45, 2.75) is 112 Å². The lowest BCUT2D eigenvalue weighted by molar-refractivity contribution is 0.356. The third kappa shape index (κ3) is 18.5. The fourth-order valence-corrected chi connectivity index (χ4v) is 3.83. The van der Waals surface area contributed by atoms with Crippen LogP contribution in [0.2, 0.25) is 19.6 Å². The first-order chi connectivity index (χ1) is 11.6. The molecule has 0 aliphatic carbocycles. The second-order valence-corrected chi connectivity index (χ2v) is 14.3. The van der Waals surface area contributed by atoms with Crippen molar-refractivity contribution >= 4 is 8.32 Å². The van der Waals surface area contributed by atoms with Gasteiger partial charge >= 0.3 is 0 Å². The lowest BCUT2D eigenvalue weighted by Crippen LogP contribution is -2.25. The summed E-state index contributed by atoms with van der Waals surface area (Å²) in [6, 6.07) is 0. The molecule has 0 radical (unpaired) electrons. The van der Waals surface area contributed by atoms with E-state index in [2.05, 4.69) is 60.3 Å². The minimum atomic E-state index is -1.36. The van der Waals surface area contributed by atoms with E-state index in [-0.39, 0.29) is 0 Å². The Kier molecular flexibility index (Phi) is 14.0. The Morgan fingerprint density at radius 2 is 1.28 bits per heavy atom. The van der Waals surface area contributed by atoms with E-state index >= 15 is 0 Å². The predicted molar refractivity (Wildman–Crippen MR) is 118 cm³/mol. The summed E-state index contributed by atoms with van der Waals surface area (Å²) in [5.41, 5.74) is 1.50. The zero-order chi connectivity index (χ0) is 19.3. The molecule has 0 rings (SSSR count).